The summed E-state index contributed by atoms with van der Waals surface area (Å²) in [6, 6.07) is 6.09. The Balaban J connectivity index is 2.16. The Kier molecular flexibility index (Phi) is 7.03. The molecule has 1 saturated heterocycles. The summed E-state index contributed by atoms with van der Waals surface area (Å²) in [7, 11) is 2.06. The van der Waals surface area contributed by atoms with Crippen LogP contribution in [-0.2, 0) is 9.59 Å². The van der Waals surface area contributed by atoms with E-state index in [1.807, 2.05) is 24.0 Å². The van der Waals surface area contributed by atoms with E-state index < -0.39 is 0 Å². The fourth-order valence-electron chi connectivity index (χ4n) is 3.39. The van der Waals surface area contributed by atoms with Crippen molar-refractivity contribution in [1.82, 2.24) is 9.80 Å². The minimum atomic E-state index is -0.105. The summed E-state index contributed by atoms with van der Waals surface area (Å²) in [5.74, 6) is -0.0910. The van der Waals surface area contributed by atoms with Gasteiger partial charge in [0.2, 0.25) is 11.8 Å². The molecule has 0 saturated carbocycles. The lowest BCUT2D eigenvalue weighted by Crippen LogP contribution is -2.50. The number of carbonyl (C=O) groups is 2. The van der Waals surface area contributed by atoms with Crippen molar-refractivity contribution in [1.29, 1.82) is 0 Å². The number of hydrogen-bond donors (Lipinski definition) is 0. The van der Waals surface area contributed by atoms with Crippen molar-refractivity contribution in [2.75, 3.05) is 62.7 Å². The fourth-order valence-corrected chi connectivity index (χ4v) is 3.39. The monoisotopic (exact) mass is 360 g/mol. The van der Waals surface area contributed by atoms with Crippen molar-refractivity contribution in [3.63, 3.8) is 0 Å². The van der Waals surface area contributed by atoms with Crippen molar-refractivity contribution in [3.05, 3.63) is 23.8 Å². The molecule has 0 radical (unpaired) electrons. The van der Waals surface area contributed by atoms with E-state index in [1.165, 1.54) is 6.92 Å². The first kappa shape index (κ1) is 20.2. The zero-order chi connectivity index (χ0) is 19.3. The van der Waals surface area contributed by atoms with E-state index in [-0.39, 0.29) is 18.4 Å². The largest absolute Gasteiger partial charge is 0.372 e. The number of likely N-dealkylation sites (N-methyl/N-ethyl adjacent to an activating group) is 1. The van der Waals surface area contributed by atoms with Gasteiger partial charge < -0.3 is 19.6 Å². The molecule has 2 amide bonds. The number of piperazine rings is 1. The summed E-state index contributed by atoms with van der Waals surface area (Å²) in [6.45, 7) is 13.0. The highest BCUT2D eigenvalue weighted by Crippen LogP contribution is 2.26. The summed E-state index contributed by atoms with van der Waals surface area (Å²) in [5, 5.41) is 0. The Hall–Kier alpha value is -2.08. The lowest BCUT2D eigenvalue weighted by atomic mass is 10.1. The topological polar surface area (TPSA) is 47.1 Å². The Labute approximate surface area is 157 Å². The second kappa shape index (κ2) is 9.03. The first-order chi connectivity index (χ1) is 12.4. The van der Waals surface area contributed by atoms with Crippen LogP contribution in [0.3, 0.4) is 0 Å². The SMILES string of the molecule is CCN(CC)c1ccc(N(CC(=O)N2CCN(C)CC2)C(C)=O)c(C)c1. The number of aryl methyl sites for hydroxylation is 1. The van der Waals surface area contributed by atoms with Gasteiger partial charge in [-0.3, -0.25) is 9.59 Å². The van der Waals surface area contributed by atoms with Gasteiger partial charge in [0.25, 0.3) is 0 Å². The summed E-state index contributed by atoms with van der Waals surface area (Å²) >= 11 is 0. The molecule has 2 rings (SSSR count). The molecule has 0 bridgehead atoms. The van der Waals surface area contributed by atoms with Crippen LogP contribution in [0.2, 0.25) is 0 Å². The van der Waals surface area contributed by atoms with Crippen molar-refractivity contribution in [2.24, 2.45) is 0 Å². The van der Waals surface area contributed by atoms with E-state index in [1.54, 1.807) is 4.90 Å². The molecule has 1 aliphatic rings. The first-order valence-corrected chi connectivity index (χ1v) is 9.47. The first-order valence-electron chi connectivity index (χ1n) is 9.47. The number of amides is 2. The molecule has 1 aliphatic heterocycles. The summed E-state index contributed by atoms with van der Waals surface area (Å²) in [4.78, 5) is 32.8. The van der Waals surface area contributed by atoms with E-state index in [0.29, 0.717) is 0 Å². The average molecular weight is 361 g/mol. The van der Waals surface area contributed by atoms with Crippen LogP contribution in [0.1, 0.15) is 26.3 Å². The van der Waals surface area contributed by atoms with Crippen LogP contribution < -0.4 is 9.80 Å². The molecule has 1 heterocycles. The van der Waals surface area contributed by atoms with E-state index in [9.17, 15) is 9.59 Å². The highest BCUT2D eigenvalue weighted by molar-refractivity contribution is 5.98. The maximum Gasteiger partial charge on any atom is 0.242 e. The lowest BCUT2D eigenvalue weighted by Gasteiger charge is -2.34. The summed E-state index contributed by atoms with van der Waals surface area (Å²) in [5.41, 5.74) is 2.97. The number of hydrogen-bond acceptors (Lipinski definition) is 4. The maximum absolute atomic E-state index is 12.7. The third-order valence-corrected chi connectivity index (χ3v) is 5.13. The molecular formula is C20H32N4O2. The smallest absolute Gasteiger partial charge is 0.242 e. The molecule has 0 N–H and O–H groups in total. The Morgan fingerprint density at radius 2 is 1.69 bits per heavy atom. The van der Waals surface area contributed by atoms with E-state index in [2.05, 4.69) is 36.8 Å². The van der Waals surface area contributed by atoms with Crippen molar-refractivity contribution >= 4 is 23.2 Å². The van der Waals surface area contributed by atoms with Gasteiger partial charge in [-0.2, -0.15) is 0 Å². The molecule has 0 aliphatic carbocycles. The highest BCUT2D eigenvalue weighted by atomic mass is 16.2. The van der Waals surface area contributed by atoms with Gasteiger partial charge in [0, 0.05) is 57.6 Å². The van der Waals surface area contributed by atoms with E-state index >= 15 is 0 Å². The zero-order valence-electron chi connectivity index (χ0n) is 16.8. The third kappa shape index (κ3) is 4.75. The van der Waals surface area contributed by atoms with Gasteiger partial charge in [-0.05, 0) is 51.6 Å². The van der Waals surface area contributed by atoms with E-state index in [0.717, 1.165) is 56.2 Å². The quantitative estimate of drug-likeness (QED) is 0.778. The van der Waals surface area contributed by atoms with Crippen LogP contribution in [0.4, 0.5) is 11.4 Å². The van der Waals surface area contributed by atoms with Gasteiger partial charge in [-0.1, -0.05) is 0 Å². The lowest BCUT2D eigenvalue weighted by molar-refractivity contribution is -0.132. The molecular weight excluding hydrogens is 328 g/mol. The molecule has 1 fully saturated rings. The number of nitrogens with zero attached hydrogens (tertiary/aromatic N) is 4. The predicted molar refractivity (Wildman–Crippen MR) is 107 cm³/mol. The van der Waals surface area contributed by atoms with Crippen molar-refractivity contribution in [2.45, 2.75) is 27.7 Å². The van der Waals surface area contributed by atoms with Crippen molar-refractivity contribution < 1.29 is 9.59 Å². The molecule has 0 unspecified atom stereocenters. The number of benzene rings is 1. The van der Waals surface area contributed by atoms with Crippen LogP contribution in [0.15, 0.2) is 18.2 Å². The molecule has 6 nitrogen and oxygen atoms in total. The second-order valence-corrected chi connectivity index (χ2v) is 6.93. The van der Waals surface area contributed by atoms with Gasteiger partial charge in [0.05, 0.1) is 0 Å². The van der Waals surface area contributed by atoms with Gasteiger partial charge in [0.15, 0.2) is 0 Å². The van der Waals surface area contributed by atoms with Crippen LogP contribution in [0, 0.1) is 6.92 Å². The van der Waals surface area contributed by atoms with Crippen LogP contribution in [0.5, 0.6) is 0 Å². The van der Waals surface area contributed by atoms with E-state index in [4.69, 9.17) is 0 Å². The molecule has 144 valence electrons. The Morgan fingerprint density at radius 3 is 2.19 bits per heavy atom. The van der Waals surface area contributed by atoms with Crippen LogP contribution in [-0.4, -0.2) is 74.5 Å². The molecule has 1 aromatic rings. The highest BCUT2D eigenvalue weighted by Gasteiger charge is 2.24. The summed E-state index contributed by atoms with van der Waals surface area (Å²) in [6.07, 6.45) is 0. The maximum atomic E-state index is 12.7. The van der Waals surface area contributed by atoms with Gasteiger partial charge in [-0.25, -0.2) is 0 Å². The van der Waals surface area contributed by atoms with Crippen molar-refractivity contribution in [3.8, 4) is 0 Å². The van der Waals surface area contributed by atoms with Gasteiger partial charge in [-0.15, -0.1) is 0 Å². The third-order valence-electron chi connectivity index (χ3n) is 5.13. The minimum Gasteiger partial charge on any atom is -0.372 e. The second-order valence-electron chi connectivity index (χ2n) is 6.93. The Bertz CT molecular complexity index is 635. The zero-order valence-corrected chi connectivity index (χ0v) is 16.8. The predicted octanol–water partition coefficient (Wildman–Crippen LogP) is 1.97. The fraction of sp³-hybridized carbons (Fsp3) is 0.600. The molecule has 0 spiro atoms. The number of carbonyl (C=O) groups excluding carboxylic acids is 2. The standard InChI is InChI=1S/C20H32N4O2/c1-6-22(7-2)18-8-9-19(16(3)14-18)24(17(4)25)15-20(26)23-12-10-21(5)11-13-23/h8-9,14H,6-7,10-13,15H2,1-5H3. The van der Waals surface area contributed by atoms with Crippen LogP contribution >= 0.6 is 0 Å². The summed E-state index contributed by atoms with van der Waals surface area (Å²) < 4.78 is 0. The normalized spacial score (nSPS) is 15.0. The van der Waals surface area contributed by atoms with Gasteiger partial charge in [0.1, 0.15) is 6.54 Å². The molecule has 1 aromatic carbocycles. The average Bonchev–Trinajstić information content (AvgIpc) is 2.61. The molecule has 6 heteroatoms. The number of rotatable bonds is 6. The molecule has 26 heavy (non-hydrogen) atoms. The van der Waals surface area contributed by atoms with Gasteiger partial charge >= 0.3 is 0 Å². The number of anilines is 2. The minimum absolute atomic E-state index is 0.0144. The Morgan fingerprint density at radius 1 is 1.08 bits per heavy atom. The molecule has 0 aromatic heterocycles. The van der Waals surface area contributed by atoms with Crippen LogP contribution in [0.25, 0.3) is 0 Å². The molecule has 0 atom stereocenters.